The van der Waals surface area contributed by atoms with E-state index in [-0.39, 0.29) is 10.9 Å². The predicted octanol–water partition coefficient (Wildman–Crippen LogP) is 1.36. The molecule has 1 rings (SSSR count). The first-order valence-corrected chi connectivity index (χ1v) is 7.84. The van der Waals surface area contributed by atoms with Crippen LogP contribution in [0.1, 0.15) is 13.3 Å². The summed E-state index contributed by atoms with van der Waals surface area (Å²) in [6.07, 6.45) is 0.880. The third-order valence-corrected chi connectivity index (χ3v) is 4.83. The average Bonchev–Trinajstić information content (AvgIpc) is 2.39. The van der Waals surface area contributed by atoms with Crippen molar-refractivity contribution in [2.24, 2.45) is 0 Å². The maximum absolute atomic E-state index is 12.0. The van der Waals surface area contributed by atoms with E-state index in [1.54, 1.807) is 19.2 Å². The molecule has 0 saturated carbocycles. The van der Waals surface area contributed by atoms with Crippen molar-refractivity contribution in [3.05, 3.63) is 18.2 Å². The molecule has 0 spiro atoms. The van der Waals surface area contributed by atoms with Crippen molar-refractivity contribution in [1.82, 2.24) is 4.31 Å². The number of nitrogen functional groups attached to an aromatic ring is 1. The monoisotopic (exact) mass is 301 g/mol. The predicted molar refractivity (Wildman–Crippen MR) is 81.3 cm³/mol. The number of hydrogen-bond acceptors (Lipinski definition) is 5. The highest BCUT2D eigenvalue weighted by molar-refractivity contribution is 7.89. The molecule has 0 saturated heterocycles. The van der Waals surface area contributed by atoms with Gasteiger partial charge in [0.15, 0.2) is 0 Å². The van der Waals surface area contributed by atoms with Crippen LogP contribution in [0.2, 0.25) is 0 Å². The molecular formula is C13H23N3O3S. The van der Waals surface area contributed by atoms with Gasteiger partial charge in [-0.2, -0.15) is 0 Å². The number of anilines is 2. The molecule has 0 aliphatic carbocycles. The molecule has 0 bridgehead atoms. The van der Waals surface area contributed by atoms with E-state index in [4.69, 9.17) is 10.5 Å². The third kappa shape index (κ3) is 3.84. The highest BCUT2D eigenvalue weighted by atomic mass is 32.2. The van der Waals surface area contributed by atoms with Crippen LogP contribution >= 0.6 is 0 Å². The van der Waals surface area contributed by atoms with Crippen LogP contribution in [-0.2, 0) is 14.8 Å². The van der Waals surface area contributed by atoms with Gasteiger partial charge in [0, 0.05) is 27.2 Å². The van der Waals surface area contributed by atoms with Gasteiger partial charge in [-0.1, -0.05) is 6.92 Å². The van der Waals surface area contributed by atoms with Gasteiger partial charge in [0.2, 0.25) is 10.0 Å². The van der Waals surface area contributed by atoms with Crippen LogP contribution in [-0.4, -0.2) is 46.6 Å². The van der Waals surface area contributed by atoms with E-state index in [2.05, 4.69) is 5.32 Å². The average molecular weight is 301 g/mol. The number of nitrogens with zero attached hydrogens (tertiary/aromatic N) is 1. The summed E-state index contributed by atoms with van der Waals surface area (Å²) in [5.41, 5.74) is 7.05. The minimum atomic E-state index is -3.46. The normalized spacial score (nSPS) is 13.4. The van der Waals surface area contributed by atoms with Gasteiger partial charge < -0.3 is 15.8 Å². The molecular weight excluding hydrogens is 278 g/mol. The van der Waals surface area contributed by atoms with Crippen LogP contribution in [0.25, 0.3) is 0 Å². The first-order chi connectivity index (χ1) is 9.32. The summed E-state index contributed by atoms with van der Waals surface area (Å²) < 4.78 is 30.3. The Balaban J connectivity index is 3.00. The Hall–Kier alpha value is -1.31. The van der Waals surface area contributed by atoms with Crippen LogP contribution in [0.4, 0.5) is 11.4 Å². The number of rotatable bonds is 7. The molecule has 6 nitrogen and oxygen atoms in total. The molecule has 0 heterocycles. The fourth-order valence-corrected chi connectivity index (χ4v) is 2.66. The molecule has 0 amide bonds. The second-order valence-electron chi connectivity index (χ2n) is 4.74. The smallest absolute Gasteiger partial charge is 0.242 e. The van der Waals surface area contributed by atoms with Crippen LogP contribution in [0.15, 0.2) is 23.1 Å². The highest BCUT2D eigenvalue weighted by Crippen LogP contribution is 2.24. The number of benzene rings is 1. The Labute approximate surface area is 121 Å². The first kappa shape index (κ1) is 16.7. The fourth-order valence-electron chi connectivity index (χ4n) is 1.73. The van der Waals surface area contributed by atoms with Gasteiger partial charge >= 0.3 is 0 Å². The quantitative estimate of drug-likeness (QED) is 0.743. The van der Waals surface area contributed by atoms with Crippen LogP contribution in [0.3, 0.4) is 0 Å². The molecule has 20 heavy (non-hydrogen) atoms. The molecule has 0 fully saturated rings. The topological polar surface area (TPSA) is 84.7 Å². The van der Waals surface area contributed by atoms with Crippen LogP contribution in [0, 0.1) is 0 Å². The summed E-state index contributed by atoms with van der Waals surface area (Å²) in [6, 6.07) is 4.84. The molecule has 1 aromatic rings. The molecule has 3 N–H and O–H groups in total. The first-order valence-electron chi connectivity index (χ1n) is 6.40. The van der Waals surface area contributed by atoms with E-state index < -0.39 is 10.0 Å². The van der Waals surface area contributed by atoms with E-state index in [1.807, 2.05) is 6.92 Å². The molecule has 0 aliphatic heterocycles. The molecule has 1 atom stereocenters. The number of sulfonamides is 1. The SMILES string of the molecule is CCC(COC)Nc1ccc(S(=O)(=O)N(C)C)cc1N. The van der Waals surface area contributed by atoms with Crippen molar-refractivity contribution in [2.45, 2.75) is 24.3 Å². The number of hydrogen-bond donors (Lipinski definition) is 2. The maximum Gasteiger partial charge on any atom is 0.242 e. The van der Waals surface area contributed by atoms with Crippen molar-refractivity contribution >= 4 is 21.4 Å². The van der Waals surface area contributed by atoms with Crippen molar-refractivity contribution in [3.8, 4) is 0 Å². The van der Waals surface area contributed by atoms with Gasteiger partial charge in [-0.15, -0.1) is 0 Å². The lowest BCUT2D eigenvalue weighted by molar-refractivity contribution is 0.184. The summed E-state index contributed by atoms with van der Waals surface area (Å²) in [5.74, 6) is 0. The summed E-state index contributed by atoms with van der Waals surface area (Å²) in [7, 11) is 1.16. The molecule has 0 aliphatic rings. The summed E-state index contributed by atoms with van der Waals surface area (Å²) in [4.78, 5) is 0.185. The van der Waals surface area contributed by atoms with Crippen molar-refractivity contribution in [1.29, 1.82) is 0 Å². The van der Waals surface area contributed by atoms with Crippen LogP contribution < -0.4 is 11.1 Å². The van der Waals surface area contributed by atoms with Gasteiger partial charge in [0.1, 0.15) is 0 Å². The number of nitrogens with one attached hydrogen (secondary N) is 1. The lowest BCUT2D eigenvalue weighted by atomic mass is 10.2. The zero-order chi connectivity index (χ0) is 15.3. The van der Waals surface area contributed by atoms with Gasteiger partial charge in [0.05, 0.1) is 22.9 Å². The Kier molecular flexibility index (Phi) is 5.79. The van der Waals surface area contributed by atoms with E-state index in [0.717, 1.165) is 10.7 Å². The van der Waals surface area contributed by atoms with Gasteiger partial charge in [-0.25, -0.2) is 12.7 Å². The number of ether oxygens (including phenoxy) is 1. The third-order valence-electron chi connectivity index (χ3n) is 3.02. The molecule has 1 unspecified atom stereocenters. The van der Waals surface area contributed by atoms with E-state index in [1.165, 1.54) is 20.2 Å². The minimum absolute atomic E-state index is 0.138. The van der Waals surface area contributed by atoms with Crippen molar-refractivity contribution in [2.75, 3.05) is 38.9 Å². The Bertz CT molecular complexity index is 544. The molecule has 0 aromatic heterocycles. The number of nitrogens with two attached hydrogens (primary N) is 1. The lowest BCUT2D eigenvalue weighted by Gasteiger charge is -2.19. The maximum atomic E-state index is 12.0. The van der Waals surface area contributed by atoms with E-state index >= 15 is 0 Å². The highest BCUT2D eigenvalue weighted by Gasteiger charge is 2.18. The Morgan fingerprint density at radius 2 is 2.05 bits per heavy atom. The van der Waals surface area contributed by atoms with Crippen molar-refractivity contribution < 1.29 is 13.2 Å². The fraction of sp³-hybridized carbons (Fsp3) is 0.538. The van der Waals surface area contributed by atoms with Crippen LogP contribution in [0.5, 0.6) is 0 Å². The van der Waals surface area contributed by atoms with Gasteiger partial charge in [-0.3, -0.25) is 0 Å². The molecule has 0 radical (unpaired) electrons. The molecule has 7 heteroatoms. The lowest BCUT2D eigenvalue weighted by Crippen LogP contribution is -2.25. The minimum Gasteiger partial charge on any atom is -0.397 e. The Morgan fingerprint density at radius 1 is 1.40 bits per heavy atom. The van der Waals surface area contributed by atoms with E-state index in [0.29, 0.717) is 18.0 Å². The largest absolute Gasteiger partial charge is 0.397 e. The molecule has 1 aromatic carbocycles. The zero-order valence-electron chi connectivity index (χ0n) is 12.4. The second kappa shape index (κ2) is 6.92. The van der Waals surface area contributed by atoms with Gasteiger partial charge in [0.25, 0.3) is 0 Å². The van der Waals surface area contributed by atoms with E-state index in [9.17, 15) is 8.42 Å². The number of methoxy groups -OCH3 is 1. The zero-order valence-corrected chi connectivity index (χ0v) is 13.2. The second-order valence-corrected chi connectivity index (χ2v) is 6.89. The Morgan fingerprint density at radius 3 is 2.50 bits per heavy atom. The summed E-state index contributed by atoms with van der Waals surface area (Å²) in [6.45, 7) is 2.60. The summed E-state index contributed by atoms with van der Waals surface area (Å²) >= 11 is 0. The summed E-state index contributed by atoms with van der Waals surface area (Å²) in [5, 5.41) is 3.25. The standard InChI is InChI=1S/C13H23N3O3S/c1-5-10(9-19-4)15-13-7-6-11(8-12(13)14)20(17,18)16(2)3/h6-8,10,15H,5,9,14H2,1-4H3. The van der Waals surface area contributed by atoms with Gasteiger partial charge in [-0.05, 0) is 24.6 Å². The molecule has 114 valence electrons. The van der Waals surface area contributed by atoms with Crippen molar-refractivity contribution in [3.63, 3.8) is 0 Å².